The third-order valence-electron chi connectivity index (χ3n) is 5.18. The minimum atomic E-state index is -0.713. The van der Waals surface area contributed by atoms with Crippen LogP contribution in [0.15, 0.2) is 12.1 Å². The lowest BCUT2D eigenvalue weighted by Crippen LogP contribution is -2.33. The second-order valence-electron chi connectivity index (χ2n) is 6.70. The van der Waals surface area contributed by atoms with Gasteiger partial charge >= 0.3 is 0 Å². The first-order valence-electron chi connectivity index (χ1n) is 7.76. The summed E-state index contributed by atoms with van der Waals surface area (Å²) >= 11 is 0. The minimum absolute atomic E-state index is 0.709. The molecule has 0 atom stereocenters. The molecule has 0 radical (unpaired) electrons. The summed E-state index contributed by atoms with van der Waals surface area (Å²) in [6.07, 6.45) is 3.89. The van der Waals surface area contributed by atoms with E-state index in [0.29, 0.717) is 5.92 Å². The fourth-order valence-electron chi connectivity index (χ4n) is 3.47. The second-order valence-corrected chi connectivity index (χ2v) is 6.70. The van der Waals surface area contributed by atoms with Gasteiger partial charge in [-0.25, -0.2) is 0 Å². The van der Waals surface area contributed by atoms with Crippen LogP contribution in [-0.2, 0) is 5.60 Å². The number of rotatable bonds is 3. The molecular formula is C18H28O2. The molecule has 0 amide bonds. The molecule has 1 aliphatic rings. The minimum Gasteiger partial charge on any atom is -0.496 e. The highest BCUT2D eigenvalue weighted by atomic mass is 16.5. The summed E-state index contributed by atoms with van der Waals surface area (Å²) in [5, 5.41) is 11.1. The SMILES string of the molecule is COc1c(C2(O)CCC(C(C)C)CC2)ccc(C)c1C. The van der Waals surface area contributed by atoms with Gasteiger partial charge < -0.3 is 9.84 Å². The first-order valence-corrected chi connectivity index (χ1v) is 7.76. The van der Waals surface area contributed by atoms with Gasteiger partial charge in [0, 0.05) is 5.56 Å². The molecule has 0 saturated heterocycles. The number of hydrogen-bond donors (Lipinski definition) is 1. The Balaban J connectivity index is 2.30. The number of methoxy groups -OCH3 is 1. The fraction of sp³-hybridized carbons (Fsp3) is 0.667. The Morgan fingerprint density at radius 2 is 1.80 bits per heavy atom. The first-order chi connectivity index (χ1) is 9.39. The standard InChI is InChI=1S/C18H28O2/c1-12(2)15-8-10-18(19,11-9-15)16-7-6-13(3)14(4)17(16)20-5/h6-7,12,15,19H,8-11H2,1-5H3. The highest BCUT2D eigenvalue weighted by Crippen LogP contribution is 2.45. The van der Waals surface area contributed by atoms with Crippen molar-refractivity contribution < 1.29 is 9.84 Å². The summed E-state index contributed by atoms with van der Waals surface area (Å²) < 4.78 is 5.59. The third kappa shape index (κ3) is 2.71. The topological polar surface area (TPSA) is 29.5 Å². The van der Waals surface area contributed by atoms with Crippen LogP contribution >= 0.6 is 0 Å². The Kier molecular flexibility index (Phi) is 4.43. The van der Waals surface area contributed by atoms with Gasteiger partial charge in [0.2, 0.25) is 0 Å². The molecule has 0 aromatic heterocycles. The van der Waals surface area contributed by atoms with E-state index in [0.717, 1.165) is 48.5 Å². The van der Waals surface area contributed by atoms with E-state index in [1.165, 1.54) is 5.56 Å². The quantitative estimate of drug-likeness (QED) is 0.889. The van der Waals surface area contributed by atoms with Crippen molar-refractivity contribution in [2.45, 2.75) is 59.0 Å². The van der Waals surface area contributed by atoms with Gasteiger partial charge in [-0.2, -0.15) is 0 Å². The second kappa shape index (κ2) is 5.77. The highest BCUT2D eigenvalue weighted by molar-refractivity contribution is 5.48. The Morgan fingerprint density at radius 1 is 1.20 bits per heavy atom. The Bertz CT molecular complexity index is 469. The number of hydrogen-bond acceptors (Lipinski definition) is 2. The van der Waals surface area contributed by atoms with E-state index in [2.05, 4.69) is 39.8 Å². The van der Waals surface area contributed by atoms with Gasteiger partial charge in [-0.3, -0.25) is 0 Å². The van der Waals surface area contributed by atoms with Crippen molar-refractivity contribution in [2.24, 2.45) is 11.8 Å². The van der Waals surface area contributed by atoms with Crippen LogP contribution in [0.3, 0.4) is 0 Å². The van der Waals surface area contributed by atoms with E-state index in [9.17, 15) is 5.11 Å². The molecular weight excluding hydrogens is 248 g/mol. The molecule has 1 aromatic carbocycles. The monoisotopic (exact) mass is 276 g/mol. The molecule has 20 heavy (non-hydrogen) atoms. The van der Waals surface area contributed by atoms with Crippen LogP contribution in [0.2, 0.25) is 0 Å². The van der Waals surface area contributed by atoms with E-state index in [4.69, 9.17) is 4.74 Å². The van der Waals surface area contributed by atoms with Crippen molar-refractivity contribution in [3.05, 3.63) is 28.8 Å². The molecule has 1 fully saturated rings. The molecule has 2 nitrogen and oxygen atoms in total. The molecule has 112 valence electrons. The molecule has 0 spiro atoms. The molecule has 1 saturated carbocycles. The number of benzene rings is 1. The summed E-state index contributed by atoms with van der Waals surface area (Å²) in [7, 11) is 1.70. The van der Waals surface area contributed by atoms with Crippen LogP contribution in [0, 0.1) is 25.7 Å². The zero-order valence-corrected chi connectivity index (χ0v) is 13.5. The van der Waals surface area contributed by atoms with Gasteiger partial charge in [0.05, 0.1) is 12.7 Å². The maximum absolute atomic E-state index is 11.1. The zero-order chi connectivity index (χ0) is 14.9. The summed E-state index contributed by atoms with van der Waals surface area (Å²) in [5.74, 6) is 2.32. The van der Waals surface area contributed by atoms with Crippen LogP contribution in [0.25, 0.3) is 0 Å². The Labute approximate surface area is 123 Å². The van der Waals surface area contributed by atoms with Crippen molar-refractivity contribution in [3.63, 3.8) is 0 Å². The van der Waals surface area contributed by atoms with E-state index in [-0.39, 0.29) is 0 Å². The van der Waals surface area contributed by atoms with Gasteiger partial charge in [-0.15, -0.1) is 0 Å². The van der Waals surface area contributed by atoms with Crippen LogP contribution in [0.1, 0.15) is 56.2 Å². The van der Waals surface area contributed by atoms with Gasteiger partial charge in [0.15, 0.2) is 0 Å². The summed E-state index contributed by atoms with van der Waals surface area (Å²) in [6, 6.07) is 4.15. The lowest BCUT2D eigenvalue weighted by atomic mass is 9.71. The van der Waals surface area contributed by atoms with E-state index in [1.54, 1.807) is 7.11 Å². The molecule has 0 unspecified atom stereocenters. The molecule has 2 heteroatoms. The van der Waals surface area contributed by atoms with Crippen molar-refractivity contribution >= 4 is 0 Å². The largest absolute Gasteiger partial charge is 0.496 e. The first kappa shape index (κ1) is 15.4. The molecule has 1 aromatic rings. The maximum Gasteiger partial charge on any atom is 0.128 e. The van der Waals surface area contributed by atoms with E-state index < -0.39 is 5.60 Å². The normalized spacial score (nSPS) is 26.9. The molecule has 2 rings (SSSR count). The van der Waals surface area contributed by atoms with E-state index in [1.807, 2.05) is 0 Å². The Morgan fingerprint density at radius 3 is 2.30 bits per heavy atom. The summed E-state index contributed by atoms with van der Waals surface area (Å²) in [5.41, 5.74) is 2.62. The molecule has 0 heterocycles. The fourth-order valence-corrected chi connectivity index (χ4v) is 3.47. The van der Waals surface area contributed by atoms with Crippen LogP contribution in [0.4, 0.5) is 0 Å². The predicted molar refractivity (Wildman–Crippen MR) is 83.2 cm³/mol. The molecule has 1 N–H and O–H groups in total. The van der Waals surface area contributed by atoms with Crippen molar-refractivity contribution in [2.75, 3.05) is 7.11 Å². The van der Waals surface area contributed by atoms with Gasteiger partial charge in [-0.05, 0) is 62.5 Å². The summed E-state index contributed by atoms with van der Waals surface area (Å²) in [6.45, 7) is 8.72. The van der Waals surface area contributed by atoms with Crippen LogP contribution in [0.5, 0.6) is 5.75 Å². The van der Waals surface area contributed by atoms with Crippen molar-refractivity contribution in [3.8, 4) is 5.75 Å². The van der Waals surface area contributed by atoms with Crippen molar-refractivity contribution in [1.29, 1.82) is 0 Å². The average molecular weight is 276 g/mol. The smallest absolute Gasteiger partial charge is 0.128 e. The van der Waals surface area contributed by atoms with Crippen molar-refractivity contribution in [1.82, 2.24) is 0 Å². The number of ether oxygens (including phenoxy) is 1. The average Bonchev–Trinajstić information content (AvgIpc) is 2.42. The highest BCUT2D eigenvalue weighted by Gasteiger charge is 2.37. The Hall–Kier alpha value is -1.02. The number of aryl methyl sites for hydroxylation is 1. The molecule has 0 aliphatic heterocycles. The molecule has 0 bridgehead atoms. The predicted octanol–water partition coefficient (Wildman–Crippen LogP) is 4.35. The number of aliphatic hydroxyl groups is 1. The third-order valence-corrected chi connectivity index (χ3v) is 5.18. The maximum atomic E-state index is 11.1. The lowest BCUT2D eigenvalue weighted by molar-refractivity contribution is -0.0216. The van der Waals surface area contributed by atoms with E-state index >= 15 is 0 Å². The van der Waals surface area contributed by atoms with Crippen LogP contribution < -0.4 is 4.74 Å². The van der Waals surface area contributed by atoms with Crippen LogP contribution in [-0.4, -0.2) is 12.2 Å². The lowest BCUT2D eigenvalue weighted by Gasteiger charge is -2.38. The zero-order valence-electron chi connectivity index (χ0n) is 13.5. The van der Waals surface area contributed by atoms with Gasteiger partial charge in [0.1, 0.15) is 5.75 Å². The van der Waals surface area contributed by atoms with Gasteiger partial charge in [0.25, 0.3) is 0 Å². The molecule has 1 aliphatic carbocycles. The van der Waals surface area contributed by atoms with Gasteiger partial charge in [-0.1, -0.05) is 26.0 Å². The summed E-state index contributed by atoms with van der Waals surface area (Å²) in [4.78, 5) is 0.